The van der Waals surface area contributed by atoms with Gasteiger partial charge in [0.25, 0.3) is 5.56 Å². The van der Waals surface area contributed by atoms with Crippen molar-refractivity contribution in [2.45, 2.75) is 20.0 Å². The third kappa shape index (κ3) is 3.75. The first-order valence-corrected chi connectivity index (χ1v) is 8.99. The van der Waals surface area contributed by atoms with Crippen molar-refractivity contribution in [1.82, 2.24) is 19.3 Å². The lowest BCUT2D eigenvalue weighted by Gasteiger charge is -2.13. The molecule has 0 bridgehead atoms. The number of nitrogens with zero attached hydrogens (tertiary/aromatic N) is 4. The van der Waals surface area contributed by atoms with Crippen molar-refractivity contribution >= 4 is 22.5 Å². The summed E-state index contributed by atoms with van der Waals surface area (Å²) in [5, 5.41) is 6.53. The number of carbonyl (C=O) groups excluding carboxylic acids is 1. The van der Waals surface area contributed by atoms with Crippen LogP contribution in [-0.4, -0.2) is 25.2 Å². The molecule has 0 aliphatic carbocycles. The van der Waals surface area contributed by atoms with E-state index in [4.69, 9.17) is 4.52 Å². The predicted molar refractivity (Wildman–Crippen MR) is 106 cm³/mol. The van der Waals surface area contributed by atoms with E-state index in [1.807, 2.05) is 0 Å². The molecule has 0 spiro atoms. The third-order valence-electron chi connectivity index (χ3n) is 4.42. The van der Waals surface area contributed by atoms with Crippen LogP contribution in [0.4, 0.5) is 10.1 Å². The van der Waals surface area contributed by atoms with Crippen LogP contribution in [0.25, 0.3) is 10.9 Å². The fraction of sp³-hybridized carbons (Fsp3) is 0.150. The highest BCUT2D eigenvalue weighted by molar-refractivity contribution is 5.91. The number of aryl methyl sites for hydroxylation is 1. The predicted octanol–water partition coefficient (Wildman–Crippen LogP) is 1.68. The molecule has 0 saturated heterocycles. The maximum atomic E-state index is 13.1. The molecule has 0 atom stereocenters. The summed E-state index contributed by atoms with van der Waals surface area (Å²) < 4.78 is 20.2. The molecular formula is C20H16FN5O4. The van der Waals surface area contributed by atoms with Crippen LogP contribution in [0.15, 0.2) is 62.6 Å². The van der Waals surface area contributed by atoms with Crippen molar-refractivity contribution < 1.29 is 13.7 Å². The van der Waals surface area contributed by atoms with E-state index in [1.54, 1.807) is 31.2 Å². The number of fused-ring (bicyclic) bond motifs is 1. The van der Waals surface area contributed by atoms with Crippen molar-refractivity contribution in [1.29, 1.82) is 0 Å². The number of hydrogen-bond acceptors (Lipinski definition) is 6. The van der Waals surface area contributed by atoms with Gasteiger partial charge in [-0.3, -0.25) is 18.7 Å². The van der Waals surface area contributed by atoms with E-state index in [2.05, 4.69) is 15.5 Å². The third-order valence-corrected chi connectivity index (χ3v) is 4.42. The van der Waals surface area contributed by atoms with Crippen LogP contribution in [0.1, 0.15) is 11.7 Å². The zero-order chi connectivity index (χ0) is 21.3. The summed E-state index contributed by atoms with van der Waals surface area (Å²) in [5.74, 6) is -0.464. The Morgan fingerprint density at radius 2 is 1.83 bits per heavy atom. The van der Waals surface area contributed by atoms with Gasteiger partial charge in [-0.25, -0.2) is 9.18 Å². The summed E-state index contributed by atoms with van der Waals surface area (Å²) in [4.78, 5) is 42.5. The molecule has 1 amide bonds. The number of anilines is 1. The molecule has 0 saturated carbocycles. The number of halogens is 1. The first-order chi connectivity index (χ1) is 14.4. The van der Waals surface area contributed by atoms with E-state index in [9.17, 15) is 18.8 Å². The van der Waals surface area contributed by atoms with Gasteiger partial charge in [-0.1, -0.05) is 17.3 Å². The van der Waals surface area contributed by atoms with Crippen LogP contribution in [-0.2, 0) is 17.9 Å². The molecule has 0 radical (unpaired) electrons. The maximum absolute atomic E-state index is 13.1. The molecule has 0 aliphatic rings. The fourth-order valence-electron chi connectivity index (χ4n) is 3.08. The Balaban J connectivity index is 1.74. The number of aromatic nitrogens is 4. The van der Waals surface area contributed by atoms with Gasteiger partial charge in [-0.05, 0) is 43.3 Å². The smallest absolute Gasteiger partial charge is 0.332 e. The molecule has 1 N–H and O–H groups in total. The molecule has 152 valence electrons. The van der Waals surface area contributed by atoms with E-state index in [0.717, 1.165) is 4.57 Å². The summed E-state index contributed by atoms with van der Waals surface area (Å²) in [6, 6.07) is 11.7. The largest absolute Gasteiger partial charge is 0.337 e. The summed E-state index contributed by atoms with van der Waals surface area (Å²) in [5.41, 5.74) is -0.515. The van der Waals surface area contributed by atoms with Gasteiger partial charge in [0, 0.05) is 5.69 Å². The number of para-hydroxylation sites is 1. The van der Waals surface area contributed by atoms with Crippen molar-refractivity contribution in [2.75, 3.05) is 5.32 Å². The van der Waals surface area contributed by atoms with Gasteiger partial charge in [0.1, 0.15) is 18.9 Å². The Kier molecular flexibility index (Phi) is 4.97. The minimum absolute atomic E-state index is 0.101. The molecule has 2 aromatic heterocycles. The highest BCUT2D eigenvalue weighted by atomic mass is 19.1. The number of hydrogen-bond donors (Lipinski definition) is 1. The van der Waals surface area contributed by atoms with Crippen molar-refractivity contribution in [3.63, 3.8) is 0 Å². The summed E-state index contributed by atoms with van der Waals surface area (Å²) in [6.07, 6.45) is 0. The average Bonchev–Trinajstić information content (AvgIpc) is 3.15. The lowest BCUT2D eigenvalue weighted by molar-refractivity contribution is -0.116. The monoisotopic (exact) mass is 409 g/mol. The highest BCUT2D eigenvalue weighted by Crippen LogP contribution is 2.11. The Hall–Kier alpha value is -4.08. The molecule has 0 aliphatic heterocycles. The standard InChI is InChI=1S/C20H16FN5O4/c1-12-22-18(30-24-12)11-26-19(28)15-4-2-3-5-16(15)25(20(26)29)10-17(27)23-14-8-6-13(21)7-9-14/h2-9H,10-11H2,1H3,(H,23,27). The summed E-state index contributed by atoms with van der Waals surface area (Å²) in [6.45, 7) is 1.05. The van der Waals surface area contributed by atoms with Gasteiger partial charge in [-0.2, -0.15) is 4.98 Å². The van der Waals surface area contributed by atoms with E-state index >= 15 is 0 Å². The Labute approximate surface area is 168 Å². The van der Waals surface area contributed by atoms with Crippen LogP contribution in [0.2, 0.25) is 0 Å². The van der Waals surface area contributed by atoms with E-state index in [-0.39, 0.29) is 24.4 Å². The van der Waals surface area contributed by atoms with Crippen LogP contribution in [0.5, 0.6) is 0 Å². The first kappa shape index (κ1) is 19.2. The van der Waals surface area contributed by atoms with Gasteiger partial charge >= 0.3 is 5.69 Å². The number of carbonyl (C=O) groups is 1. The lowest BCUT2D eigenvalue weighted by Crippen LogP contribution is -2.42. The molecule has 9 nitrogen and oxygen atoms in total. The normalized spacial score (nSPS) is 11.0. The molecule has 2 aromatic carbocycles. The fourth-order valence-corrected chi connectivity index (χ4v) is 3.08. The molecule has 10 heteroatoms. The Morgan fingerprint density at radius 1 is 1.10 bits per heavy atom. The maximum Gasteiger partial charge on any atom is 0.332 e. The average molecular weight is 409 g/mol. The van der Waals surface area contributed by atoms with Crippen molar-refractivity contribution in [3.05, 3.63) is 86.9 Å². The molecule has 4 rings (SSSR count). The van der Waals surface area contributed by atoms with Crippen LogP contribution in [0.3, 0.4) is 0 Å². The van der Waals surface area contributed by atoms with E-state index in [1.165, 1.54) is 28.8 Å². The molecule has 4 aromatic rings. The SMILES string of the molecule is Cc1noc(Cn2c(=O)c3ccccc3n(CC(=O)Nc3ccc(F)cc3)c2=O)n1. The molecular weight excluding hydrogens is 393 g/mol. The van der Waals surface area contributed by atoms with Crippen LogP contribution < -0.4 is 16.6 Å². The topological polar surface area (TPSA) is 112 Å². The quantitative estimate of drug-likeness (QED) is 0.537. The van der Waals surface area contributed by atoms with Crippen molar-refractivity contribution in [3.8, 4) is 0 Å². The molecule has 0 unspecified atom stereocenters. The number of benzene rings is 2. The highest BCUT2D eigenvalue weighted by Gasteiger charge is 2.17. The molecule has 2 heterocycles. The summed E-state index contributed by atoms with van der Waals surface area (Å²) in [7, 11) is 0. The Morgan fingerprint density at radius 3 is 2.53 bits per heavy atom. The van der Waals surface area contributed by atoms with Gasteiger partial charge in [-0.15, -0.1) is 0 Å². The molecule has 0 fully saturated rings. The van der Waals surface area contributed by atoms with Crippen molar-refractivity contribution in [2.24, 2.45) is 0 Å². The molecule has 30 heavy (non-hydrogen) atoms. The van der Waals surface area contributed by atoms with Gasteiger partial charge in [0.15, 0.2) is 5.82 Å². The van der Waals surface area contributed by atoms with Crippen LogP contribution >= 0.6 is 0 Å². The summed E-state index contributed by atoms with van der Waals surface area (Å²) >= 11 is 0. The van der Waals surface area contributed by atoms with Gasteiger partial charge in [0.05, 0.1) is 10.9 Å². The number of amides is 1. The second-order valence-corrected chi connectivity index (χ2v) is 6.57. The number of rotatable bonds is 5. The van der Waals surface area contributed by atoms with E-state index in [0.29, 0.717) is 17.0 Å². The van der Waals surface area contributed by atoms with Gasteiger partial charge < -0.3 is 9.84 Å². The number of nitrogens with one attached hydrogen (secondary N) is 1. The van der Waals surface area contributed by atoms with E-state index < -0.39 is 23.0 Å². The minimum atomic E-state index is -0.691. The zero-order valence-corrected chi connectivity index (χ0v) is 15.8. The van der Waals surface area contributed by atoms with Crippen LogP contribution in [0, 0.1) is 12.7 Å². The minimum Gasteiger partial charge on any atom is -0.337 e. The van der Waals surface area contributed by atoms with Gasteiger partial charge in [0.2, 0.25) is 11.8 Å². The lowest BCUT2D eigenvalue weighted by atomic mass is 10.2. The Bertz CT molecular complexity index is 1350. The first-order valence-electron chi connectivity index (χ1n) is 8.99. The zero-order valence-electron chi connectivity index (χ0n) is 15.8. The second-order valence-electron chi connectivity index (χ2n) is 6.57. The second kappa shape index (κ2) is 7.74.